The zero-order chi connectivity index (χ0) is 20.4. The maximum Gasteiger partial charge on any atom is 0.227 e. The molecule has 29 heavy (non-hydrogen) atoms. The summed E-state index contributed by atoms with van der Waals surface area (Å²) in [6, 6.07) is 8.41. The lowest BCUT2D eigenvalue weighted by Gasteiger charge is -2.17. The van der Waals surface area contributed by atoms with Crippen molar-refractivity contribution in [1.82, 2.24) is 20.0 Å². The van der Waals surface area contributed by atoms with Crippen molar-refractivity contribution in [2.45, 2.75) is 33.1 Å². The first kappa shape index (κ1) is 19.2. The zero-order valence-electron chi connectivity index (χ0n) is 16.6. The number of aromatic nitrogens is 3. The number of rotatable bonds is 5. The van der Waals surface area contributed by atoms with E-state index in [0.717, 1.165) is 41.2 Å². The van der Waals surface area contributed by atoms with Crippen molar-refractivity contribution < 1.29 is 13.7 Å². The fraction of sp³-hybridized carbons (Fsp3) is 0.364. The van der Waals surface area contributed by atoms with Crippen LogP contribution >= 0.6 is 0 Å². The molecule has 3 heterocycles. The molecule has 1 aromatic carbocycles. The molecule has 1 aliphatic rings. The van der Waals surface area contributed by atoms with Crippen LogP contribution in [0.1, 0.15) is 29.1 Å². The molecule has 0 unspecified atom stereocenters. The average molecular weight is 394 g/mol. The Morgan fingerprint density at radius 3 is 2.86 bits per heavy atom. The molecule has 0 N–H and O–H groups in total. The number of likely N-dealkylation sites (tertiary alicyclic amines) is 1. The highest BCUT2D eigenvalue weighted by molar-refractivity contribution is 5.79. The Balaban J connectivity index is 1.40. The van der Waals surface area contributed by atoms with Crippen molar-refractivity contribution >= 4 is 5.91 Å². The summed E-state index contributed by atoms with van der Waals surface area (Å²) in [5.74, 6) is 0.700. The molecule has 0 saturated carbocycles. The third-order valence-corrected chi connectivity index (χ3v) is 5.45. The van der Waals surface area contributed by atoms with Gasteiger partial charge in [-0.05, 0) is 50.3 Å². The summed E-state index contributed by atoms with van der Waals surface area (Å²) in [7, 11) is 0. The maximum atomic E-state index is 13.8. The van der Waals surface area contributed by atoms with Crippen LogP contribution in [0.3, 0.4) is 0 Å². The van der Waals surface area contributed by atoms with E-state index in [1.54, 1.807) is 24.5 Å². The number of carbonyl (C=O) groups is 1. The van der Waals surface area contributed by atoms with Crippen LogP contribution in [0.15, 0.2) is 41.2 Å². The largest absolute Gasteiger partial charge is 0.361 e. The Hall–Kier alpha value is -3.09. The summed E-state index contributed by atoms with van der Waals surface area (Å²) in [6.07, 6.45) is 3.34. The fourth-order valence-electron chi connectivity index (χ4n) is 3.93. The van der Waals surface area contributed by atoms with Crippen molar-refractivity contribution in [3.63, 3.8) is 0 Å². The Labute approximate surface area is 168 Å². The summed E-state index contributed by atoms with van der Waals surface area (Å²) in [6.45, 7) is 5.12. The standard InChI is InChI=1S/C22H23FN4O2/c1-14-22(15(2)29-26-14)20-11-18(24-13-25-20)9-16-7-8-27(12-16)21(28)10-17-5-3-4-6-19(17)23/h3-6,11,13,16H,7-10,12H2,1-2H3/t16-/m1/s1. The molecule has 6 nitrogen and oxygen atoms in total. The van der Waals surface area contributed by atoms with Gasteiger partial charge < -0.3 is 9.42 Å². The summed E-state index contributed by atoms with van der Waals surface area (Å²) in [4.78, 5) is 23.2. The fourth-order valence-corrected chi connectivity index (χ4v) is 3.93. The van der Waals surface area contributed by atoms with E-state index in [2.05, 4.69) is 15.1 Å². The lowest BCUT2D eigenvalue weighted by Crippen LogP contribution is -2.30. The van der Waals surface area contributed by atoms with Crippen molar-refractivity contribution in [3.8, 4) is 11.3 Å². The lowest BCUT2D eigenvalue weighted by atomic mass is 10.0. The average Bonchev–Trinajstić information content (AvgIpc) is 3.30. The zero-order valence-corrected chi connectivity index (χ0v) is 16.6. The topological polar surface area (TPSA) is 72.1 Å². The highest BCUT2D eigenvalue weighted by Gasteiger charge is 2.27. The van der Waals surface area contributed by atoms with E-state index in [4.69, 9.17) is 4.52 Å². The molecular formula is C22H23FN4O2. The maximum absolute atomic E-state index is 13.8. The second-order valence-corrected chi connectivity index (χ2v) is 7.56. The van der Waals surface area contributed by atoms with Crippen LogP contribution in [0.25, 0.3) is 11.3 Å². The van der Waals surface area contributed by atoms with Crippen LogP contribution in [-0.4, -0.2) is 39.0 Å². The Bertz CT molecular complexity index is 1010. The van der Waals surface area contributed by atoms with Crippen molar-refractivity contribution in [3.05, 3.63) is 65.2 Å². The highest BCUT2D eigenvalue weighted by Crippen LogP contribution is 2.27. The van der Waals surface area contributed by atoms with Crippen LogP contribution in [0, 0.1) is 25.6 Å². The smallest absolute Gasteiger partial charge is 0.227 e. The van der Waals surface area contributed by atoms with E-state index >= 15 is 0 Å². The minimum Gasteiger partial charge on any atom is -0.361 e. The Kier molecular flexibility index (Phi) is 5.38. The summed E-state index contributed by atoms with van der Waals surface area (Å²) in [5, 5.41) is 3.99. The lowest BCUT2D eigenvalue weighted by molar-refractivity contribution is -0.129. The van der Waals surface area contributed by atoms with Gasteiger partial charge in [0.25, 0.3) is 0 Å². The number of aryl methyl sites for hydroxylation is 2. The van der Waals surface area contributed by atoms with Gasteiger partial charge in [0, 0.05) is 18.8 Å². The molecule has 4 rings (SSSR count). The number of carbonyl (C=O) groups excluding carboxylic acids is 1. The van der Waals surface area contributed by atoms with Crippen LogP contribution in [0.5, 0.6) is 0 Å². The molecule has 1 atom stereocenters. The molecule has 2 aromatic heterocycles. The van der Waals surface area contributed by atoms with Gasteiger partial charge in [0.1, 0.15) is 17.9 Å². The van der Waals surface area contributed by atoms with Crippen LogP contribution in [0.4, 0.5) is 4.39 Å². The molecule has 3 aromatic rings. The Morgan fingerprint density at radius 2 is 2.10 bits per heavy atom. The van der Waals surface area contributed by atoms with Gasteiger partial charge in [0.05, 0.1) is 23.4 Å². The molecule has 1 saturated heterocycles. The van der Waals surface area contributed by atoms with Crippen LogP contribution in [-0.2, 0) is 17.6 Å². The molecule has 1 amide bonds. The number of nitrogens with zero attached hydrogens (tertiary/aromatic N) is 4. The first-order valence-corrected chi connectivity index (χ1v) is 9.76. The molecule has 0 bridgehead atoms. The minimum atomic E-state index is -0.329. The summed E-state index contributed by atoms with van der Waals surface area (Å²) < 4.78 is 19.1. The van der Waals surface area contributed by atoms with E-state index in [1.165, 1.54) is 6.07 Å². The quantitative estimate of drug-likeness (QED) is 0.662. The minimum absolute atomic E-state index is 0.0308. The second-order valence-electron chi connectivity index (χ2n) is 7.56. The van der Waals surface area contributed by atoms with Gasteiger partial charge >= 0.3 is 0 Å². The highest BCUT2D eigenvalue weighted by atomic mass is 19.1. The molecule has 150 valence electrons. The van der Waals surface area contributed by atoms with E-state index in [0.29, 0.717) is 24.6 Å². The van der Waals surface area contributed by atoms with Gasteiger partial charge in [-0.1, -0.05) is 23.4 Å². The van der Waals surface area contributed by atoms with Gasteiger partial charge in [0.15, 0.2) is 0 Å². The molecule has 0 radical (unpaired) electrons. The first-order chi connectivity index (χ1) is 14.0. The molecule has 1 aliphatic heterocycles. The molecule has 0 spiro atoms. The second kappa shape index (κ2) is 8.11. The normalized spacial score (nSPS) is 16.4. The number of hydrogen-bond acceptors (Lipinski definition) is 5. The molecule has 7 heteroatoms. The molecule has 0 aliphatic carbocycles. The van der Waals surface area contributed by atoms with Crippen LogP contribution < -0.4 is 0 Å². The number of amides is 1. The Morgan fingerprint density at radius 1 is 1.28 bits per heavy atom. The van der Waals surface area contributed by atoms with E-state index in [9.17, 15) is 9.18 Å². The van der Waals surface area contributed by atoms with E-state index in [-0.39, 0.29) is 18.1 Å². The molecule has 1 fully saturated rings. The van der Waals surface area contributed by atoms with Gasteiger partial charge in [-0.15, -0.1) is 0 Å². The van der Waals surface area contributed by atoms with E-state index < -0.39 is 0 Å². The monoisotopic (exact) mass is 394 g/mol. The SMILES string of the molecule is Cc1noc(C)c1-c1cc(C[C@H]2CCN(C(=O)Cc3ccccc3F)C2)ncn1. The predicted molar refractivity (Wildman–Crippen MR) is 105 cm³/mol. The van der Waals surface area contributed by atoms with Gasteiger partial charge in [-0.25, -0.2) is 14.4 Å². The van der Waals surface area contributed by atoms with Gasteiger partial charge in [0.2, 0.25) is 5.91 Å². The summed E-state index contributed by atoms with van der Waals surface area (Å²) >= 11 is 0. The van der Waals surface area contributed by atoms with Gasteiger partial charge in [-0.3, -0.25) is 4.79 Å². The molecular weight excluding hydrogens is 371 g/mol. The van der Waals surface area contributed by atoms with Crippen molar-refractivity contribution in [1.29, 1.82) is 0 Å². The van der Waals surface area contributed by atoms with Gasteiger partial charge in [-0.2, -0.15) is 0 Å². The van der Waals surface area contributed by atoms with Crippen molar-refractivity contribution in [2.75, 3.05) is 13.1 Å². The van der Waals surface area contributed by atoms with Crippen molar-refractivity contribution in [2.24, 2.45) is 5.92 Å². The third-order valence-electron chi connectivity index (χ3n) is 5.45. The predicted octanol–water partition coefficient (Wildman–Crippen LogP) is 3.52. The third kappa shape index (κ3) is 4.18. The van der Waals surface area contributed by atoms with E-state index in [1.807, 2.05) is 24.8 Å². The van der Waals surface area contributed by atoms with Crippen LogP contribution in [0.2, 0.25) is 0 Å². The number of hydrogen-bond donors (Lipinski definition) is 0. The number of benzene rings is 1. The summed E-state index contributed by atoms with van der Waals surface area (Å²) in [5.41, 5.74) is 3.89. The first-order valence-electron chi connectivity index (χ1n) is 9.76. The number of halogens is 1.